The van der Waals surface area contributed by atoms with Crippen LogP contribution in [0.4, 0.5) is 5.95 Å². The van der Waals surface area contributed by atoms with E-state index in [1.54, 1.807) is 39.0 Å². The van der Waals surface area contributed by atoms with E-state index in [0.717, 1.165) is 16.9 Å². The van der Waals surface area contributed by atoms with Gasteiger partial charge < -0.3 is 25.3 Å². The fourth-order valence-corrected chi connectivity index (χ4v) is 3.66. The molecule has 9 heteroatoms. The van der Waals surface area contributed by atoms with E-state index in [1.807, 2.05) is 36.4 Å². The minimum atomic E-state index is -0.576. The van der Waals surface area contributed by atoms with Crippen LogP contribution in [0.5, 0.6) is 17.2 Å². The molecule has 1 aromatic heterocycles. The predicted octanol–water partition coefficient (Wildman–Crippen LogP) is 2.75. The molecule has 0 saturated carbocycles. The van der Waals surface area contributed by atoms with Crippen LogP contribution in [-0.4, -0.2) is 42.0 Å². The first kappa shape index (κ1) is 20.3. The molecule has 1 atom stereocenters. The number of fused-ring (bicyclic) bond motifs is 1. The van der Waals surface area contributed by atoms with Gasteiger partial charge >= 0.3 is 0 Å². The number of allylic oxidation sites excluding steroid dienone is 1. The number of aromatic nitrogens is 3. The average Bonchev–Trinajstić information content (AvgIpc) is 3.21. The fraction of sp³-hybridized carbons (Fsp3) is 0.227. The van der Waals surface area contributed by atoms with Gasteiger partial charge in [0.15, 0.2) is 17.3 Å². The zero-order chi connectivity index (χ0) is 22.1. The van der Waals surface area contributed by atoms with Gasteiger partial charge in [-0.05, 0) is 48.9 Å². The minimum Gasteiger partial charge on any atom is -0.497 e. The number of ether oxygens (including phenoxy) is 3. The molecule has 0 unspecified atom stereocenters. The number of hydrogen-bond donors (Lipinski definition) is 2. The highest BCUT2D eigenvalue weighted by molar-refractivity contribution is 5.95. The molecule has 0 fully saturated rings. The molecule has 0 saturated heterocycles. The third kappa shape index (κ3) is 3.54. The molecule has 0 aliphatic carbocycles. The van der Waals surface area contributed by atoms with Crippen molar-refractivity contribution in [3.8, 4) is 28.6 Å². The van der Waals surface area contributed by atoms with E-state index in [2.05, 4.69) is 15.4 Å². The van der Waals surface area contributed by atoms with E-state index < -0.39 is 11.9 Å². The van der Waals surface area contributed by atoms with Crippen LogP contribution in [-0.2, 0) is 4.79 Å². The SMILES string of the molecule is COc1ccc(-c2nc3n(n2)[C@H](c2ccc(OC)c(OC)c2)C(C(N)=O)=C(C)N3)cc1. The molecule has 160 valence electrons. The Morgan fingerprint density at radius 2 is 1.74 bits per heavy atom. The number of nitrogens with zero attached hydrogens (tertiary/aromatic N) is 3. The van der Waals surface area contributed by atoms with Gasteiger partial charge in [0.25, 0.3) is 0 Å². The Morgan fingerprint density at radius 3 is 2.35 bits per heavy atom. The zero-order valence-corrected chi connectivity index (χ0v) is 17.7. The van der Waals surface area contributed by atoms with Gasteiger partial charge in [0.05, 0.1) is 26.9 Å². The molecule has 1 amide bonds. The van der Waals surface area contributed by atoms with Crippen molar-refractivity contribution in [2.45, 2.75) is 13.0 Å². The standard InChI is InChI=1S/C22H23N5O4/c1-12-18(20(23)28)19(14-7-10-16(30-3)17(11-14)31-4)27-22(24-12)25-21(26-27)13-5-8-15(29-2)9-6-13/h5-11,19H,1-4H3,(H2,23,28)(H,24,25,26)/t19-/m1/s1. The van der Waals surface area contributed by atoms with E-state index in [9.17, 15) is 4.79 Å². The van der Waals surface area contributed by atoms with Gasteiger partial charge in [-0.3, -0.25) is 4.79 Å². The van der Waals surface area contributed by atoms with Gasteiger partial charge in [0.1, 0.15) is 11.8 Å². The van der Waals surface area contributed by atoms with Crippen molar-refractivity contribution < 1.29 is 19.0 Å². The third-order valence-electron chi connectivity index (χ3n) is 5.19. The van der Waals surface area contributed by atoms with Crippen molar-refractivity contribution in [1.29, 1.82) is 0 Å². The van der Waals surface area contributed by atoms with Crippen molar-refractivity contribution >= 4 is 11.9 Å². The normalized spacial score (nSPS) is 15.2. The molecule has 0 spiro atoms. The number of primary amides is 1. The monoisotopic (exact) mass is 421 g/mol. The van der Waals surface area contributed by atoms with Crippen LogP contribution in [0.2, 0.25) is 0 Å². The highest BCUT2D eigenvalue weighted by Crippen LogP contribution is 2.39. The summed E-state index contributed by atoms with van der Waals surface area (Å²) >= 11 is 0. The van der Waals surface area contributed by atoms with Gasteiger partial charge in [0, 0.05) is 11.3 Å². The van der Waals surface area contributed by atoms with Crippen LogP contribution >= 0.6 is 0 Å². The molecular formula is C22H23N5O4. The number of nitrogens with one attached hydrogen (secondary N) is 1. The van der Waals surface area contributed by atoms with Crippen molar-refractivity contribution in [2.75, 3.05) is 26.6 Å². The number of carbonyl (C=O) groups excluding carboxylic acids is 1. The maximum atomic E-state index is 12.4. The number of carbonyl (C=O) groups is 1. The molecule has 2 heterocycles. The third-order valence-corrected chi connectivity index (χ3v) is 5.19. The molecular weight excluding hydrogens is 398 g/mol. The summed E-state index contributed by atoms with van der Waals surface area (Å²) in [5.41, 5.74) is 8.34. The van der Waals surface area contributed by atoms with Gasteiger partial charge in [-0.2, -0.15) is 4.98 Å². The maximum absolute atomic E-state index is 12.4. The maximum Gasteiger partial charge on any atom is 0.248 e. The quantitative estimate of drug-likeness (QED) is 0.629. The molecule has 1 aliphatic heterocycles. The first-order valence-corrected chi connectivity index (χ1v) is 9.57. The molecule has 31 heavy (non-hydrogen) atoms. The Hall–Kier alpha value is -4.01. The van der Waals surface area contributed by atoms with Crippen molar-refractivity contribution in [3.05, 3.63) is 59.3 Å². The molecule has 3 aromatic rings. The Morgan fingerprint density at radius 1 is 1.03 bits per heavy atom. The number of anilines is 1. The molecule has 3 N–H and O–H groups in total. The number of hydrogen-bond acceptors (Lipinski definition) is 7. The lowest BCUT2D eigenvalue weighted by molar-refractivity contribution is -0.115. The number of nitrogens with two attached hydrogens (primary N) is 1. The predicted molar refractivity (Wildman–Crippen MR) is 115 cm³/mol. The van der Waals surface area contributed by atoms with E-state index >= 15 is 0 Å². The summed E-state index contributed by atoms with van der Waals surface area (Å²) in [5, 5.41) is 7.83. The van der Waals surface area contributed by atoms with Crippen LogP contribution < -0.4 is 25.3 Å². The second-order valence-electron chi connectivity index (χ2n) is 6.98. The minimum absolute atomic E-state index is 0.394. The first-order chi connectivity index (χ1) is 15.0. The number of methoxy groups -OCH3 is 3. The van der Waals surface area contributed by atoms with E-state index in [-0.39, 0.29) is 0 Å². The first-order valence-electron chi connectivity index (χ1n) is 9.57. The van der Waals surface area contributed by atoms with E-state index in [4.69, 9.17) is 19.9 Å². The van der Waals surface area contributed by atoms with Gasteiger partial charge in [-0.15, -0.1) is 5.10 Å². The Bertz CT molecular complexity index is 1170. The van der Waals surface area contributed by atoms with Crippen molar-refractivity contribution in [3.63, 3.8) is 0 Å². The Labute approximate surface area is 179 Å². The Kier molecular flexibility index (Phi) is 5.24. The number of rotatable bonds is 6. The summed E-state index contributed by atoms with van der Waals surface area (Å²) in [7, 11) is 4.74. The van der Waals surface area contributed by atoms with E-state index in [0.29, 0.717) is 34.5 Å². The summed E-state index contributed by atoms with van der Waals surface area (Å²) in [6, 6.07) is 12.3. The van der Waals surface area contributed by atoms with Crippen LogP contribution in [0.1, 0.15) is 18.5 Å². The topological polar surface area (TPSA) is 114 Å². The molecule has 4 rings (SSSR count). The molecule has 2 aromatic carbocycles. The van der Waals surface area contributed by atoms with Crippen LogP contribution in [0.3, 0.4) is 0 Å². The second kappa shape index (κ2) is 8.02. The van der Waals surface area contributed by atoms with Crippen molar-refractivity contribution in [1.82, 2.24) is 14.8 Å². The fourth-order valence-electron chi connectivity index (χ4n) is 3.66. The van der Waals surface area contributed by atoms with E-state index in [1.165, 1.54) is 0 Å². The molecule has 0 bridgehead atoms. The summed E-state index contributed by atoms with van der Waals surface area (Å²) in [4.78, 5) is 17.0. The largest absolute Gasteiger partial charge is 0.497 e. The summed E-state index contributed by atoms with van der Waals surface area (Å²) < 4.78 is 17.7. The lowest BCUT2D eigenvalue weighted by Gasteiger charge is -2.28. The summed E-state index contributed by atoms with van der Waals surface area (Å²) in [6.45, 7) is 1.79. The summed E-state index contributed by atoms with van der Waals surface area (Å²) in [5.74, 6) is 2.33. The Balaban J connectivity index is 1.85. The second-order valence-corrected chi connectivity index (χ2v) is 6.98. The molecule has 1 aliphatic rings. The zero-order valence-electron chi connectivity index (χ0n) is 17.7. The average molecular weight is 421 g/mol. The molecule has 9 nitrogen and oxygen atoms in total. The number of benzene rings is 2. The number of amides is 1. The van der Waals surface area contributed by atoms with Gasteiger partial charge in [-0.25, -0.2) is 4.68 Å². The van der Waals surface area contributed by atoms with Crippen LogP contribution in [0.15, 0.2) is 53.7 Å². The van der Waals surface area contributed by atoms with Crippen molar-refractivity contribution in [2.24, 2.45) is 5.73 Å². The van der Waals surface area contributed by atoms with Gasteiger partial charge in [0.2, 0.25) is 11.9 Å². The highest BCUT2D eigenvalue weighted by atomic mass is 16.5. The lowest BCUT2D eigenvalue weighted by Crippen LogP contribution is -2.31. The van der Waals surface area contributed by atoms with Crippen LogP contribution in [0, 0.1) is 0 Å². The molecule has 0 radical (unpaired) electrons. The van der Waals surface area contributed by atoms with Gasteiger partial charge in [-0.1, -0.05) is 6.07 Å². The lowest BCUT2D eigenvalue weighted by atomic mass is 9.95. The highest BCUT2D eigenvalue weighted by Gasteiger charge is 2.34. The smallest absolute Gasteiger partial charge is 0.248 e. The van der Waals surface area contributed by atoms with Crippen LogP contribution in [0.25, 0.3) is 11.4 Å². The summed E-state index contributed by atoms with van der Waals surface area (Å²) in [6.07, 6.45) is 0.